The van der Waals surface area contributed by atoms with Crippen LogP contribution in [0.4, 0.5) is 4.79 Å². The topological polar surface area (TPSA) is 129 Å². The predicted octanol–water partition coefficient (Wildman–Crippen LogP) is 3.03. The minimum atomic E-state index is -0.951. The average molecular weight is 496 g/mol. The third kappa shape index (κ3) is 9.35. The van der Waals surface area contributed by atoms with E-state index in [1.807, 2.05) is 31.2 Å². The van der Waals surface area contributed by atoms with Crippen molar-refractivity contribution in [2.45, 2.75) is 65.0 Å². The van der Waals surface area contributed by atoms with Crippen LogP contribution in [0.3, 0.4) is 0 Å². The van der Waals surface area contributed by atoms with Crippen LogP contribution in [0.1, 0.15) is 52.5 Å². The van der Waals surface area contributed by atoms with Gasteiger partial charge in [-0.1, -0.05) is 17.4 Å². The standard InChI is InChI=1S/C24H37N3O8/c1-17-16-25(13-14-26(17)35-23(30)34-24(2,3)4)22(29)19(15-21(28)27(31)32)8-6-7-18-9-11-20(33-5)12-10-18/h9-12,17,19,31-32H,6-8,13-16H2,1-5H3/t17-,19?/m1/s1. The highest BCUT2D eigenvalue weighted by molar-refractivity contribution is 5.85. The van der Waals surface area contributed by atoms with E-state index in [-0.39, 0.29) is 38.0 Å². The van der Waals surface area contributed by atoms with Gasteiger partial charge in [0.05, 0.1) is 19.7 Å². The van der Waals surface area contributed by atoms with Crippen LogP contribution >= 0.6 is 0 Å². The van der Waals surface area contributed by atoms with E-state index in [2.05, 4.69) is 0 Å². The van der Waals surface area contributed by atoms with E-state index in [4.69, 9.17) is 24.7 Å². The molecule has 1 aromatic rings. The summed E-state index contributed by atoms with van der Waals surface area (Å²) in [6, 6.07) is 7.31. The molecule has 2 N–H and O–H groups in total. The summed E-state index contributed by atoms with van der Waals surface area (Å²) in [5.74, 6) is -1.16. The van der Waals surface area contributed by atoms with E-state index < -0.39 is 28.8 Å². The number of hydrogen-bond donors (Lipinski definition) is 2. The highest BCUT2D eigenvalue weighted by Crippen LogP contribution is 2.22. The number of piperazine rings is 1. The molecule has 1 saturated heterocycles. The Hall–Kier alpha value is -2.89. The van der Waals surface area contributed by atoms with Gasteiger partial charge in [0.1, 0.15) is 11.4 Å². The monoisotopic (exact) mass is 495 g/mol. The Labute approximate surface area is 206 Å². The number of carbonyl (C=O) groups is 3. The summed E-state index contributed by atoms with van der Waals surface area (Å²) in [6.07, 6.45) is 0.587. The zero-order valence-electron chi connectivity index (χ0n) is 21.1. The molecule has 0 saturated carbocycles. The molecule has 2 amide bonds. The average Bonchev–Trinajstić information content (AvgIpc) is 2.78. The van der Waals surface area contributed by atoms with Gasteiger partial charge in [-0.05, 0) is 64.7 Å². The molecule has 2 atom stereocenters. The number of ether oxygens (including phenoxy) is 2. The molecular formula is C24H37N3O8. The number of hydroxylamine groups is 4. The first-order valence-corrected chi connectivity index (χ1v) is 11.7. The molecule has 196 valence electrons. The van der Waals surface area contributed by atoms with Gasteiger partial charge < -0.3 is 19.2 Å². The van der Waals surface area contributed by atoms with Crippen molar-refractivity contribution in [1.29, 1.82) is 0 Å². The Morgan fingerprint density at radius 1 is 1.14 bits per heavy atom. The van der Waals surface area contributed by atoms with Gasteiger partial charge in [-0.3, -0.25) is 20.0 Å². The molecule has 1 aliphatic heterocycles. The first kappa shape index (κ1) is 28.3. The maximum Gasteiger partial charge on any atom is 0.528 e. The molecule has 0 radical (unpaired) electrons. The van der Waals surface area contributed by atoms with Gasteiger partial charge in [0.25, 0.3) is 5.91 Å². The van der Waals surface area contributed by atoms with E-state index in [9.17, 15) is 14.4 Å². The Bertz CT molecular complexity index is 853. The lowest BCUT2D eigenvalue weighted by molar-refractivity contribution is -0.285. The zero-order chi connectivity index (χ0) is 26.2. The smallest absolute Gasteiger partial charge is 0.497 e. The SMILES string of the molecule is COc1ccc(CCCC(CC(=O)N(O)O)C(=O)N2CCN(OC(=O)OC(C)(C)C)[C@H](C)C2)cc1. The second-order valence-corrected chi connectivity index (χ2v) is 9.65. The van der Waals surface area contributed by atoms with Crippen LogP contribution in [0, 0.1) is 5.92 Å². The first-order chi connectivity index (χ1) is 16.4. The number of methoxy groups -OCH3 is 1. The van der Waals surface area contributed by atoms with E-state index in [1.165, 1.54) is 5.06 Å². The largest absolute Gasteiger partial charge is 0.528 e. The molecule has 1 unspecified atom stereocenters. The van der Waals surface area contributed by atoms with E-state index in [0.29, 0.717) is 19.3 Å². The molecular weight excluding hydrogens is 458 g/mol. The van der Waals surface area contributed by atoms with E-state index >= 15 is 0 Å². The molecule has 2 rings (SSSR count). The lowest BCUT2D eigenvalue weighted by Gasteiger charge is -2.39. The second-order valence-electron chi connectivity index (χ2n) is 9.65. The summed E-state index contributed by atoms with van der Waals surface area (Å²) in [5.41, 5.74) is 0.382. The summed E-state index contributed by atoms with van der Waals surface area (Å²) in [6.45, 7) is 7.89. The number of hydrogen-bond acceptors (Lipinski definition) is 9. The molecule has 1 aliphatic rings. The van der Waals surface area contributed by atoms with Crippen LogP contribution in [0.15, 0.2) is 24.3 Å². The molecule has 0 aromatic heterocycles. The number of amides is 2. The van der Waals surface area contributed by atoms with Gasteiger partial charge in [0.15, 0.2) is 0 Å². The van der Waals surface area contributed by atoms with Crippen LogP contribution in [0.25, 0.3) is 0 Å². The number of rotatable bonds is 9. The van der Waals surface area contributed by atoms with Crippen molar-refractivity contribution < 1.29 is 39.1 Å². The lowest BCUT2D eigenvalue weighted by Crippen LogP contribution is -2.55. The van der Waals surface area contributed by atoms with E-state index in [0.717, 1.165) is 11.3 Å². The van der Waals surface area contributed by atoms with Crippen molar-refractivity contribution in [3.8, 4) is 5.75 Å². The van der Waals surface area contributed by atoms with Crippen molar-refractivity contribution in [3.63, 3.8) is 0 Å². The first-order valence-electron chi connectivity index (χ1n) is 11.7. The maximum atomic E-state index is 13.3. The summed E-state index contributed by atoms with van der Waals surface area (Å²) in [5, 5.41) is 19.2. The minimum Gasteiger partial charge on any atom is -0.497 e. The molecule has 35 heavy (non-hydrogen) atoms. The van der Waals surface area contributed by atoms with Crippen molar-refractivity contribution >= 4 is 18.0 Å². The lowest BCUT2D eigenvalue weighted by atomic mass is 9.94. The third-order valence-electron chi connectivity index (χ3n) is 5.63. The van der Waals surface area contributed by atoms with Crippen LogP contribution < -0.4 is 4.74 Å². The van der Waals surface area contributed by atoms with Gasteiger partial charge in [-0.2, -0.15) is 0 Å². The summed E-state index contributed by atoms with van der Waals surface area (Å²) < 4.78 is 10.3. The Morgan fingerprint density at radius 3 is 2.34 bits per heavy atom. The summed E-state index contributed by atoms with van der Waals surface area (Å²) >= 11 is 0. The molecule has 11 nitrogen and oxygen atoms in total. The van der Waals surface area contributed by atoms with Crippen LogP contribution in [0.2, 0.25) is 0 Å². The minimum absolute atomic E-state index is 0.251. The summed E-state index contributed by atoms with van der Waals surface area (Å²) in [7, 11) is 1.60. The molecule has 1 aromatic carbocycles. The maximum absolute atomic E-state index is 13.3. The van der Waals surface area contributed by atoms with Gasteiger partial charge in [-0.15, -0.1) is 5.06 Å². The predicted molar refractivity (Wildman–Crippen MR) is 125 cm³/mol. The number of nitrogens with zero attached hydrogens (tertiary/aromatic N) is 3. The number of carbonyl (C=O) groups excluding carboxylic acids is 3. The Kier molecular flexibility index (Phi) is 10.3. The fourth-order valence-corrected chi connectivity index (χ4v) is 3.85. The normalized spacial score (nSPS) is 17.5. The quantitative estimate of drug-likeness (QED) is 0.302. The zero-order valence-corrected chi connectivity index (χ0v) is 21.1. The number of benzene rings is 1. The molecule has 0 aliphatic carbocycles. The van der Waals surface area contributed by atoms with Gasteiger partial charge >= 0.3 is 6.16 Å². The van der Waals surface area contributed by atoms with Gasteiger partial charge in [0, 0.05) is 25.4 Å². The molecule has 1 fully saturated rings. The van der Waals surface area contributed by atoms with Crippen molar-refractivity contribution in [2.75, 3.05) is 26.7 Å². The molecule has 0 bridgehead atoms. The van der Waals surface area contributed by atoms with Crippen molar-refractivity contribution in [2.24, 2.45) is 5.92 Å². The fraction of sp³-hybridized carbons (Fsp3) is 0.625. The molecule has 0 spiro atoms. The van der Waals surface area contributed by atoms with Crippen LogP contribution in [-0.4, -0.2) is 82.0 Å². The Morgan fingerprint density at radius 2 is 1.80 bits per heavy atom. The van der Waals surface area contributed by atoms with Crippen molar-refractivity contribution in [1.82, 2.24) is 15.2 Å². The van der Waals surface area contributed by atoms with Gasteiger partial charge in [0.2, 0.25) is 5.91 Å². The molecule has 1 heterocycles. The Balaban J connectivity index is 1.96. The fourth-order valence-electron chi connectivity index (χ4n) is 3.85. The highest BCUT2D eigenvalue weighted by atomic mass is 16.8. The van der Waals surface area contributed by atoms with E-state index in [1.54, 1.807) is 32.8 Å². The van der Waals surface area contributed by atoms with Crippen LogP contribution in [0.5, 0.6) is 5.75 Å². The summed E-state index contributed by atoms with van der Waals surface area (Å²) in [4.78, 5) is 44.1. The van der Waals surface area contributed by atoms with Gasteiger partial charge in [-0.25, -0.2) is 4.79 Å². The highest BCUT2D eigenvalue weighted by Gasteiger charge is 2.34. The van der Waals surface area contributed by atoms with Crippen LogP contribution in [-0.2, 0) is 25.6 Å². The molecule has 11 heteroatoms. The second kappa shape index (κ2) is 12.7. The third-order valence-corrected chi connectivity index (χ3v) is 5.63. The number of aryl methyl sites for hydroxylation is 1. The van der Waals surface area contributed by atoms with Crippen molar-refractivity contribution in [3.05, 3.63) is 29.8 Å².